The minimum Gasteiger partial charge on any atom is -0.319 e. The van der Waals surface area contributed by atoms with Gasteiger partial charge >= 0.3 is 6.18 Å². The van der Waals surface area contributed by atoms with Gasteiger partial charge < -0.3 is 4.57 Å². The summed E-state index contributed by atoms with van der Waals surface area (Å²) in [5, 5.41) is 2.28. The number of rotatable bonds is 6. The molecule has 5 aromatic rings. The lowest BCUT2D eigenvalue weighted by Crippen LogP contribution is -2.06. The van der Waals surface area contributed by atoms with E-state index in [1.807, 2.05) is 28.8 Å². The molecule has 34 heavy (non-hydrogen) atoms. The van der Waals surface area contributed by atoms with E-state index in [9.17, 15) is 13.2 Å². The standard InChI is InChI=1S/C28H23F3N2S/c1-2-14-34-24-12-13-25-26(17-24)33(18-19-10-11-20-6-3-4-7-21(20)15-19)27(32-25)22-8-5-9-23(16-22)28(29,30)31/h3-13,15-17H,2,14,18H2,1H3. The van der Waals surface area contributed by atoms with Gasteiger partial charge in [0.1, 0.15) is 5.82 Å². The lowest BCUT2D eigenvalue weighted by molar-refractivity contribution is -0.137. The zero-order chi connectivity index (χ0) is 23.7. The maximum Gasteiger partial charge on any atom is 0.416 e. The van der Waals surface area contributed by atoms with Crippen molar-refractivity contribution in [3.8, 4) is 11.4 Å². The largest absolute Gasteiger partial charge is 0.416 e. The molecular formula is C28H23F3N2S. The second kappa shape index (κ2) is 9.18. The van der Waals surface area contributed by atoms with Gasteiger partial charge in [0.25, 0.3) is 0 Å². The molecule has 0 saturated heterocycles. The predicted molar refractivity (Wildman–Crippen MR) is 134 cm³/mol. The molecule has 0 aliphatic rings. The van der Waals surface area contributed by atoms with Crippen LogP contribution in [0, 0.1) is 0 Å². The molecule has 0 unspecified atom stereocenters. The zero-order valence-electron chi connectivity index (χ0n) is 18.6. The third-order valence-electron chi connectivity index (χ3n) is 5.80. The maximum absolute atomic E-state index is 13.4. The van der Waals surface area contributed by atoms with Crippen molar-refractivity contribution in [3.63, 3.8) is 0 Å². The fourth-order valence-corrected chi connectivity index (χ4v) is 4.95. The van der Waals surface area contributed by atoms with Gasteiger partial charge in [-0.3, -0.25) is 0 Å². The van der Waals surface area contributed by atoms with Crippen molar-refractivity contribution in [1.29, 1.82) is 0 Å². The van der Waals surface area contributed by atoms with Crippen molar-refractivity contribution in [1.82, 2.24) is 9.55 Å². The van der Waals surface area contributed by atoms with Crippen molar-refractivity contribution in [2.45, 2.75) is 31.0 Å². The summed E-state index contributed by atoms with van der Waals surface area (Å²) in [5.41, 5.74) is 2.54. The highest BCUT2D eigenvalue weighted by molar-refractivity contribution is 7.99. The molecule has 0 spiro atoms. The second-order valence-corrected chi connectivity index (χ2v) is 9.45. The van der Waals surface area contributed by atoms with Crippen LogP contribution in [0.25, 0.3) is 33.2 Å². The van der Waals surface area contributed by atoms with Crippen LogP contribution < -0.4 is 0 Å². The van der Waals surface area contributed by atoms with Crippen LogP contribution in [-0.4, -0.2) is 15.3 Å². The normalized spacial score (nSPS) is 12.0. The molecule has 0 N–H and O–H groups in total. The van der Waals surface area contributed by atoms with Gasteiger partial charge in [0.15, 0.2) is 0 Å². The Bertz CT molecular complexity index is 1470. The highest BCUT2D eigenvalue weighted by Crippen LogP contribution is 2.34. The monoisotopic (exact) mass is 476 g/mol. The van der Waals surface area contributed by atoms with Gasteiger partial charge in [-0.1, -0.05) is 55.5 Å². The molecule has 0 saturated carbocycles. The van der Waals surface area contributed by atoms with Crippen LogP contribution in [0.4, 0.5) is 13.2 Å². The van der Waals surface area contributed by atoms with Crippen LogP contribution in [0.15, 0.2) is 89.8 Å². The summed E-state index contributed by atoms with van der Waals surface area (Å²) in [4.78, 5) is 5.90. The molecule has 2 nitrogen and oxygen atoms in total. The summed E-state index contributed by atoms with van der Waals surface area (Å²) >= 11 is 1.77. The first-order chi connectivity index (χ1) is 16.4. The van der Waals surface area contributed by atoms with Gasteiger partial charge in [-0.2, -0.15) is 13.2 Å². The number of fused-ring (bicyclic) bond motifs is 2. The van der Waals surface area contributed by atoms with Gasteiger partial charge in [0.05, 0.1) is 16.6 Å². The van der Waals surface area contributed by atoms with E-state index in [0.29, 0.717) is 17.9 Å². The van der Waals surface area contributed by atoms with E-state index < -0.39 is 11.7 Å². The number of nitrogens with zero attached hydrogens (tertiary/aromatic N) is 2. The first kappa shape index (κ1) is 22.5. The van der Waals surface area contributed by atoms with Gasteiger partial charge in [0, 0.05) is 17.0 Å². The van der Waals surface area contributed by atoms with Crippen molar-refractivity contribution >= 4 is 33.6 Å². The van der Waals surface area contributed by atoms with Gasteiger partial charge in [-0.05, 0) is 64.9 Å². The third kappa shape index (κ3) is 4.55. The topological polar surface area (TPSA) is 17.8 Å². The molecule has 0 radical (unpaired) electrons. The lowest BCUT2D eigenvalue weighted by atomic mass is 10.1. The number of aromatic nitrogens is 2. The minimum atomic E-state index is -4.41. The van der Waals surface area contributed by atoms with Crippen LogP contribution in [0.5, 0.6) is 0 Å². The molecule has 0 amide bonds. The molecule has 0 bridgehead atoms. The predicted octanol–water partition coefficient (Wildman–Crippen LogP) is 8.43. The Labute approximate surface area is 200 Å². The van der Waals surface area contributed by atoms with E-state index >= 15 is 0 Å². The number of imidazole rings is 1. The molecule has 0 fully saturated rings. The average molecular weight is 477 g/mol. The molecule has 6 heteroatoms. The Morgan fingerprint density at radius 1 is 0.853 bits per heavy atom. The second-order valence-electron chi connectivity index (χ2n) is 8.28. The number of alkyl halides is 3. The van der Waals surface area contributed by atoms with E-state index in [0.717, 1.165) is 50.5 Å². The Morgan fingerprint density at radius 2 is 1.68 bits per heavy atom. The minimum absolute atomic E-state index is 0.453. The fraction of sp³-hybridized carbons (Fsp3) is 0.179. The van der Waals surface area contributed by atoms with Crippen molar-refractivity contribution in [2.24, 2.45) is 0 Å². The van der Waals surface area contributed by atoms with E-state index in [2.05, 4.69) is 43.3 Å². The Morgan fingerprint density at radius 3 is 2.47 bits per heavy atom. The summed E-state index contributed by atoms with van der Waals surface area (Å²) in [6, 6.07) is 25.9. The summed E-state index contributed by atoms with van der Waals surface area (Å²) < 4.78 is 42.3. The summed E-state index contributed by atoms with van der Waals surface area (Å²) in [6.07, 6.45) is -3.34. The summed E-state index contributed by atoms with van der Waals surface area (Å²) in [5.74, 6) is 1.54. The molecule has 5 rings (SSSR count). The van der Waals surface area contributed by atoms with Crippen LogP contribution in [0.1, 0.15) is 24.5 Å². The molecule has 0 atom stereocenters. The van der Waals surface area contributed by atoms with Gasteiger partial charge in [0.2, 0.25) is 0 Å². The van der Waals surface area contributed by atoms with Gasteiger partial charge in [-0.25, -0.2) is 4.98 Å². The first-order valence-corrected chi connectivity index (χ1v) is 12.2. The van der Waals surface area contributed by atoms with Crippen LogP contribution >= 0.6 is 11.8 Å². The Balaban J connectivity index is 1.66. The van der Waals surface area contributed by atoms with E-state index in [1.165, 1.54) is 12.1 Å². The molecule has 1 aromatic heterocycles. The number of hydrogen-bond donors (Lipinski definition) is 0. The average Bonchev–Trinajstić information content (AvgIpc) is 3.20. The number of halogens is 3. The summed E-state index contributed by atoms with van der Waals surface area (Å²) in [7, 11) is 0. The molecule has 4 aromatic carbocycles. The quantitative estimate of drug-likeness (QED) is 0.229. The fourth-order valence-electron chi connectivity index (χ4n) is 4.15. The maximum atomic E-state index is 13.4. The Hall–Kier alpha value is -3.25. The molecule has 1 heterocycles. The molecule has 0 aliphatic carbocycles. The SMILES string of the molecule is CCCSc1ccc2nc(-c3cccc(C(F)(F)F)c3)n(Cc3ccc4ccccc4c3)c2c1. The first-order valence-electron chi connectivity index (χ1n) is 11.2. The van der Waals surface area contributed by atoms with E-state index in [4.69, 9.17) is 4.98 Å². The molecular weight excluding hydrogens is 453 g/mol. The van der Waals surface area contributed by atoms with Crippen molar-refractivity contribution in [2.75, 3.05) is 5.75 Å². The summed E-state index contributed by atoms with van der Waals surface area (Å²) in [6.45, 7) is 2.65. The third-order valence-corrected chi connectivity index (χ3v) is 6.99. The highest BCUT2D eigenvalue weighted by Gasteiger charge is 2.31. The van der Waals surface area contributed by atoms with Crippen molar-refractivity contribution < 1.29 is 13.2 Å². The van der Waals surface area contributed by atoms with Crippen LogP contribution in [-0.2, 0) is 12.7 Å². The highest BCUT2D eigenvalue weighted by atomic mass is 32.2. The van der Waals surface area contributed by atoms with Gasteiger partial charge in [-0.15, -0.1) is 11.8 Å². The zero-order valence-corrected chi connectivity index (χ0v) is 19.5. The molecule has 0 aliphatic heterocycles. The van der Waals surface area contributed by atoms with Crippen LogP contribution in [0.3, 0.4) is 0 Å². The van der Waals surface area contributed by atoms with Crippen molar-refractivity contribution in [3.05, 3.63) is 96.1 Å². The number of thioether (sulfide) groups is 1. The lowest BCUT2D eigenvalue weighted by Gasteiger charge is -2.13. The Kier molecular flexibility index (Phi) is 6.09. The number of benzene rings is 4. The van der Waals surface area contributed by atoms with Crippen LogP contribution in [0.2, 0.25) is 0 Å². The number of hydrogen-bond acceptors (Lipinski definition) is 2. The van der Waals surface area contributed by atoms with E-state index in [1.54, 1.807) is 17.8 Å². The molecule has 172 valence electrons. The van der Waals surface area contributed by atoms with E-state index in [-0.39, 0.29) is 0 Å². The smallest absolute Gasteiger partial charge is 0.319 e.